The summed E-state index contributed by atoms with van der Waals surface area (Å²) in [6.07, 6.45) is -5.75. The van der Waals surface area contributed by atoms with Gasteiger partial charge in [-0.25, -0.2) is 22.7 Å². The van der Waals surface area contributed by atoms with Crippen molar-refractivity contribution < 1.29 is 31.8 Å². The summed E-state index contributed by atoms with van der Waals surface area (Å²) in [6, 6.07) is 6.66. The van der Waals surface area contributed by atoms with Crippen molar-refractivity contribution in [1.29, 1.82) is 0 Å². The fourth-order valence-corrected chi connectivity index (χ4v) is 5.79. The number of halogens is 3. The molecular formula is C22H27F3N6O4S2. The molecule has 4 atom stereocenters. The highest BCUT2D eigenvalue weighted by atomic mass is 32.2. The highest BCUT2D eigenvalue weighted by Crippen LogP contribution is 2.38. The van der Waals surface area contributed by atoms with E-state index in [1.165, 1.54) is 18.4 Å². The van der Waals surface area contributed by atoms with Gasteiger partial charge in [0.25, 0.3) is 0 Å². The van der Waals surface area contributed by atoms with Crippen molar-refractivity contribution in [2.24, 2.45) is 5.92 Å². The standard InChI is InChI=1S/C22H27F3N6O4S2/c1-11-16(20-29-13-6-4-5-7-15(13)36-20)19(30-21(27-11)26-10-22(23,24)25)28-14-8-12(17(32)18(14)33)9-31(2)37(3,34)35/h4-7,12,14,17-18,32-33H,8-10H2,1-3H3,(H2,26,27,28,30)/t12-,14-,17-,18+/m1/s1. The van der Waals surface area contributed by atoms with Gasteiger partial charge in [-0.3, -0.25) is 0 Å². The van der Waals surface area contributed by atoms with Crippen molar-refractivity contribution in [2.75, 3.05) is 37.0 Å². The predicted molar refractivity (Wildman–Crippen MR) is 135 cm³/mol. The quantitative estimate of drug-likeness (QED) is 0.327. The van der Waals surface area contributed by atoms with Gasteiger partial charge in [0.1, 0.15) is 23.5 Å². The topological polar surface area (TPSA) is 141 Å². The van der Waals surface area contributed by atoms with E-state index in [4.69, 9.17) is 0 Å². The first-order chi connectivity index (χ1) is 17.2. The second kappa shape index (κ2) is 10.3. The molecule has 202 valence electrons. The van der Waals surface area contributed by atoms with Gasteiger partial charge in [-0.05, 0) is 25.5 Å². The number of sulfonamides is 1. The lowest BCUT2D eigenvalue weighted by molar-refractivity contribution is -0.115. The molecule has 1 aliphatic rings. The monoisotopic (exact) mass is 560 g/mol. The third-order valence-corrected chi connectivity index (χ3v) is 8.56. The molecule has 4 rings (SSSR count). The zero-order valence-corrected chi connectivity index (χ0v) is 21.8. The SMILES string of the molecule is Cc1nc(NCC(F)(F)F)nc(N[C@@H]2C[C@H](CN(C)S(C)(=O)=O)[C@@H](O)[C@H]2O)c1-c1nc2ccccc2s1. The van der Waals surface area contributed by atoms with E-state index in [0.29, 0.717) is 16.3 Å². The van der Waals surface area contributed by atoms with E-state index in [1.807, 2.05) is 24.3 Å². The molecule has 0 unspecified atom stereocenters. The molecule has 0 radical (unpaired) electrons. The minimum atomic E-state index is -4.48. The maximum atomic E-state index is 12.8. The number of benzene rings is 1. The maximum absolute atomic E-state index is 12.8. The molecule has 1 fully saturated rings. The van der Waals surface area contributed by atoms with Crippen LogP contribution in [0.3, 0.4) is 0 Å². The molecule has 37 heavy (non-hydrogen) atoms. The lowest BCUT2D eigenvalue weighted by Crippen LogP contribution is -2.38. The van der Waals surface area contributed by atoms with E-state index >= 15 is 0 Å². The number of rotatable bonds is 8. The van der Waals surface area contributed by atoms with Crippen molar-refractivity contribution in [3.63, 3.8) is 0 Å². The van der Waals surface area contributed by atoms with Crippen molar-refractivity contribution in [3.05, 3.63) is 30.0 Å². The van der Waals surface area contributed by atoms with Crippen LogP contribution in [0.25, 0.3) is 20.8 Å². The molecule has 10 nitrogen and oxygen atoms in total. The van der Waals surface area contributed by atoms with Crippen molar-refractivity contribution >= 4 is 43.3 Å². The van der Waals surface area contributed by atoms with Gasteiger partial charge in [0.05, 0.1) is 39.9 Å². The lowest BCUT2D eigenvalue weighted by Gasteiger charge is -2.21. The number of aliphatic hydroxyl groups excluding tert-OH is 2. The largest absolute Gasteiger partial charge is 0.405 e. The zero-order valence-electron chi connectivity index (χ0n) is 20.2. The highest BCUT2D eigenvalue weighted by molar-refractivity contribution is 7.88. The number of aryl methyl sites for hydroxylation is 1. The number of para-hydroxylation sites is 1. The molecule has 1 saturated carbocycles. The van der Waals surface area contributed by atoms with Crippen LogP contribution in [0.5, 0.6) is 0 Å². The highest BCUT2D eigenvalue weighted by Gasteiger charge is 2.43. The summed E-state index contributed by atoms with van der Waals surface area (Å²) < 4.78 is 64.0. The van der Waals surface area contributed by atoms with Gasteiger partial charge in [0, 0.05) is 19.5 Å². The van der Waals surface area contributed by atoms with E-state index in [9.17, 15) is 31.8 Å². The van der Waals surface area contributed by atoms with Crippen LogP contribution in [0.2, 0.25) is 0 Å². The number of nitrogens with one attached hydrogen (secondary N) is 2. The van der Waals surface area contributed by atoms with Crippen LogP contribution >= 0.6 is 11.3 Å². The summed E-state index contributed by atoms with van der Waals surface area (Å²) >= 11 is 1.36. The number of anilines is 2. The lowest BCUT2D eigenvalue weighted by atomic mass is 10.1. The molecule has 3 aromatic rings. The van der Waals surface area contributed by atoms with Gasteiger partial charge < -0.3 is 20.8 Å². The number of alkyl halides is 3. The van der Waals surface area contributed by atoms with Crippen molar-refractivity contribution in [1.82, 2.24) is 19.3 Å². The summed E-state index contributed by atoms with van der Waals surface area (Å²) in [5, 5.41) is 27.1. The Bertz CT molecular complexity index is 1350. The Morgan fingerprint density at radius 3 is 2.51 bits per heavy atom. The van der Waals surface area contributed by atoms with Gasteiger partial charge in [-0.2, -0.15) is 18.2 Å². The van der Waals surface area contributed by atoms with Gasteiger partial charge in [-0.1, -0.05) is 12.1 Å². The van der Waals surface area contributed by atoms with Crippen LogP contribution in [0.15, 0.2) is 24.3 Å². The second-order valence-corrected chi connectivity index (χ2v) is 12.2. The summed E-state index contributed by atoms with van der Waals surface area (Å²) in [6.45, 7) is 0.273. The first kappa shape index (κ1) is 27.4. The van der Waals surface area contributed by atoms with Crippen LogP contribution in [-0.2, 0) is 10.0 Å². The van der Waals surface area contributed by atoms with Gasteiger partial charge in [0.15, 0.2) is 0 Å². The van der Waals surface area contributed by atoms with E-state index in [-0.39, 0.29) is 24.7 Å². The number of aromatic nitrogens is 3. The summed E-state index contributed by atoms with van der Waals surface area (Å²) in [5.74, 6) is -0.697. The minimum absolute atomic E-state index is 0.0127. The normalized spacial score (nSPS) is 22.6. The molecule has 15 heteroatoms. The number of aliphatic hydroxyl groups is 2. The van der Waals surface area contributed by atoms with Gasteiger partial charge in [0.2, 0.25) is 16.0 Å². The van der Waals surface area contributed by atoms with E-state index < -0.39 is 46.9 Å². The molecule has 0 saturated heterocycles. The van der Waals surface area contributed by atoms with Crippen LogP contribution in [0.4, 0.5) is 24.9 Å². The first-order valence-electron chi connectivity index (χ1n) is 11.3. The molecule has 2 aromatic heterocycles. The molecule has 0 bridgehead atoms. The number of thiazole rings is 1. The van der Waals surface area contributed by atoms with Crippen molar-refractivity contribution in [2.45, 2.75) is 37.8 Å². The number of fused-ring (bicyclic) bond motifs is 1. The van der Waals surface area contributed by atoms with Crippen LogP contribution in [0.1, 0.15) is 12.1 Å². The average Bonchev–Trinajstić information content (AvgIpc) is 3.33. The third-order valence-electron chi connectivity index (χ3n) is 6.23. The Morgan fingerprint density at radius 1 is 1.16 bits per heavy atom. The number of hydrogen-bond donors (Lipinski definition) is 4. The van der Waals surface area contributed by atoms with Crippen molar-refractivity contribution in [3.8, 4) is 10.6 Å². The fraction of sp³-hybridized carbons (Fsp3) is 0.500. The predicted octanol–water partition coefficient (Wildman–Crippen LogP) is 2.45. The van der Waals surface area contributed by atoms with Crippen LogP contribution in [-0.4, -0.2) is 88.7 Å². The fourth-order valence-electron chi connectivity index (χ4n) is 4.26. The Balaban J connectivity index is 1.68. The molecule has 0 aliphatic heterocycles. The maximum Gasteiger partial charge on any atom is 0.405 e. The Hall–Kier alpha value is -2.59. The second-order valence-electron chi connectivity index (χ2n) is 9.08. The molecule has 1 aliphatic carbocycles. The Kier molecular flexibility index (Phi) is 7.63. The number of nitrogens with zero attached hydrogens (tertiary/aromatic N) is 4. The van der Waals surface area contributed by atoms with E-state index in [0.717, 1.165) is 20.8 Å². The molecular weight excluding hydrogens is 533 g/mol. The molecule has 4 N–H and O–H groups in total. The summed E-state index contributed by atoms with van der Waals surface area (Å²) in [4.78, 5) is 13.1. The average molecular weight is 561 g/mol. The molecule has 0 spiro atoms. The summed E-state index contributed by atoms with van der Waals surface area (Å²) in [7, 11) is -2.12. The zero-order chi connectivity index (χ0) is 27.1. The summed E-state index contributed by atoms with van der Waals surface area (Å²) in [5.41, 5.74) is 1.55. The van der Waals surface area contributed by atoms with Crippen LogP contribution < -0.4 is 10.6 Å². The molecule has 1 aromatic carbocycles. The smallest absolute Gasteiger partial charge is 0.390 e. The molecule has 2 heterocycles. The first-order valence-corrected chi connectivity index (χ1v) is 14.0. The molecule has 0 amide bonds. The number of hydrogen-bond acceptors (Lipinski definition) is 10. The Morgan fingerprint density at radius 2 is 1.86 bits per heavy atom. The van der Waals surface area contributed by atoms with Gasteiger partial charge in [-0.15, -0.1) is 11.3 Å². The van der Waals surface area contributed by atoms with E-state index in [2.05, 4.69) is 25.6 Å². The van der Waals surface area contributed by atoms with Crippen LogP contribution in [0, 0.1) is 12.8 Å². The van der Waals surface area contributed by atoms with E-state index in [1.54, 1.807) is 6.92 Å². The minimum Gasteiger partial charge on any atom is -0.390 e. The Labute approximate surface area is 215 Å². The van der Waals surface area contributed by atoms with Gasteiger partial charge >= 0.3 is 6.18 Å². The third kappa shape index (κ3) is 6.29.